The van der Waals surface area contributed by atoms with Gasteiger partial charge in [0.15, 0.2) is 0 Å². The van der Waals surface area contributed by atoms with Crippen LogP contribution in [0.5, 0.6) is 0 Å². The first kappa shape index (κ1) is 15.5. The van der Waals surface area contributed by atoms with Gasteiger partial charge in [0, 0.05) is 25.3 Å². The number of rotatable bonds is 5. The van der Waals surface area contributed by atoms with Crippen molar-refractivity contribution >= 4 is 5.69 Å². The van der Waals surface area contributed by atoms with E-state index in [1.807, 2.05) is 26.1 Å². The predicted octanol–water partition coefficient (Wildman–Crippen LogP) is 3.66. The van der Waals surface area contributed by atoms with Gasteiger partial charge in [-0.2, -0.15) is 0 Å². The molecule has 0 saturated heterocycles. The van der Waals surface area contributed by atoms with Crippen LogP contribution in [0.3, 0.4) is 0 Å². The molecule has 112 valence electrons. The van der Waals surface area contributed by atoms with Crippen LogP contribution in [0.15, 0.2) is 42.5 Å². The second-order valence-electron chi connectivity index (χ2n) is 5.77. The van der Waals surface area contributed by atoms with Crippen molar-refractivity contribution in [2.24, 2.45) is 5.73 Å². The summed E-state index contributed by atoms with van der Waals surface area (Å²) in [6.07, 6.45) is 0.897. The molecule has 0 aliphatic rings. The SMILES string of the molecule is Cc1cc(N(C)Cc2ccc(F)cc2)ccc1CC(C)N. The van der Waals surface area contributed by atoms with Gasteiger partial charge in [-0.05, 0) is 61.2 Å². The molecule has 2 nitrogen and oxygen atoms in total. The van der Waals surface area contributed by atoms with Gasteiger partial charge in [-0.3, -0.25) is 0 Å². The van der Waals surface area contributed by atoms with Crippen LogP contribution >= 0.6 is 0 Å². The highest BCUT2D eigenvalue weighted by molar-refractivity contribution is 5.50. The van der Waals surface area contributed by atoms with Crippen LogP contribution in [-0.2, 0) is 13.0 Å². The summed E-state index contributed by atoms with van der Waals surface area (Å²) in [4.78, 5) is 2.16. The zero-order valence-corrected chi connectivity index (χ0v) is 12.9. The summed E-state index contributed by atoms with van der Waals surface area (Å²) in [6, 6.07) is 13.3. The van der Waals surface area contributed by atoms with E-state index >= 15 is 0 Å². The van der Waals surface area contributed by atoms with E-state index in [1.165, 1.54) is 23.3 Å². The van der Waals surface area contributed by atoms with Crippen molar-refractivity contribution < 1.29 is 4.39 Å². The molecule has 1 unspecified atom stereocenters. The Balaban J connectivity index is 2.10. The van der Waals surface area contributed by atoms with E-state index in [0.29, 0.717) is 0 Å². The summed E-state index contributed by atoms with van der Waals surface area (Å²) < 4.78 is 12.9. The number of hydrogen-bond acceptors (Lipinski definition) is 2. The minimum absolute atomic E-state index is 0.173. The molecule has 0 spiro atoms. The maximum Gasteiger partial charge on any atom is 0.123 e. The van der Waals surface area contributed by atoms with E-state index in [0.717, 1.165) is 24.2 Å². The maximum absolute atomic E-state index is 12.9. The second-order valence-corrected chi connectivity index (χ2v) is 5.77. The highest BCUT2D eigenvalue weighted by Crippen LogP contribution is 2.21. The highest BCUT2D eigenvalue weighted by atomic mass is 19.1. The summed E-state index contributed by atoms with van der Waals surface area (Å²) in [5, 5.41) is 0. The minimum atomic E-state index is -0.197. The first-order valence-electron chi connectivity index (χ1n) is 7.26. The maximum atomic E-state index is 12.9. The lowest BCUT2D eigenvalue weighted by Crippen LogP contribution is -2.19. The number of nitrogens with zero attached hydrogens (tertiary/aromatic N) is 1. The van der Waals surface area contributed by atoms with Crippen molar-refractivity contribution in [2.45, 2.75) is 32.9 Å². The second kappa shape index (κ2) is 6.72. The summed E-state index contributed by atoms with van der Waals surface area (Å²) in [7, 11) is 2.05. The third-order valence-corrected chi connectivity index (χ3v) is 3.64. The number of aryl methyl sites for hydroxylation is 1. The summed E-state index contributed by atoms with van der Waals surface area (Å²) in [5.41, 5.74) is 10.7. The molecular formula is C18H23FN2. The average Bonchev–Trinajstić information content (AvgIpc) is 2.43. The molecule has 0 bridgehead atoms. The van der Waals surface area contributed by atoms with Gasteiger partial charge in [-0.1, -0.05) is 18.2 Å². The van der Waals surface area contributed by atoms with Gasteiger partial charge in [0.1, 0.15) is 5.82 Å². The standard InChI is InChI=1S/C18H23FN2/c1-13-10-18(9-6-16(13)11-14(2)20)21(3)12-15-4-7-17(19)8-5-15/h4-10,14H,11-12,20H2,1-3H3. The lowest BCUT2D eigenvalue weighted by molar-refractivity contribution is 0.627. The fourth-order valence-electron chi connectivity index (χ4n) is 2.45. The van der Waals surface area contributed by atoms with E-state index in [1.54, 1.807) is 0 Å². The molecule has 0 aliphatic carbocycles. The van der Waals surface area contributed by atoms with E-state index < -0.39 is 0 Å². The Hall–Kier alpha value is -1.87. The Labute approximate surface area is 126 Å². The number of benzene rings is 2. The van der Waals surface area contributed by atoms with Crippen molar-refractivity contribution in [3.63, 3.8) is 0 Å². The first-order valence-corrected chi connectivity index (χ1v) is 7.26. The van der Waals surface area contributed by atoms with Crippen molar-refractivity contribution in [3.05, 3.63) is 65.0 Å². The number of anilines is 1. The lowest BCUT2D eigenvalue weighted by Gasteiger charge is -2.21. The van der Waals surface area contributed by atoms with Crippen molar-refractivity contribution in [1.82, 2.24) is 0 Å². The van der Waals surface area contributed by atoms with Crippen molar-refractivity contribution in [2.75, 3.05) is 11.9 Å². The first-order chi connectivity index (χ1) is 9.95. The molecule has 0 amide bonds. The van der Waals surface area contributed by atoms with Gasteiger partial charge in [-0.25, -0.2) is 4.39 Å². The Morgan fingerprint density at radius 3 is 2.38 bits per heavy atom. The third kappa shape index (κ3) is 4.30. The molecular weight excluding hydrogens is 263 g/mol. The molecule has 0 radical (unpaired) electrons. The molecule has 1 atom stereocenters. The molecule has 21 heavy (non-hydrogen) atoms. The highest BCUT2D eigenvalue weighted by Gasteiger charge is 2.07. The quantitative estimate of drug-likeness (QED) is 0.909. The van der Waals surface area contributed by atoms with Gasteiger partial charge in [0.25, 0.3) is 0 Å². The number of halogens is 1. The fourth-order valence-corrected chi connectivity index (χ4v) is 2.45. The molecule has 3 heteroatoms. The van der Waals surface area contributed by atoms with Gasteiger partial charge in [-0.15, -0.1) is 0 Å². The Kier molecular flexibility index (Phi) is 4.97. The van der Waals surface area contributed by atoms with Crippen LogP contribution in [0, 0.1) is 12.7 Å². The predicted molar refractivity (Wildman–Crippen MR) is 87.0 cm³/mol. The molecule has 0 saturated carbocycles. The Morgan fingerprint density at radius 2 is 1.81 bits per heavy atom. The van der Waals surface area contributed by atoms with Gasteiger partial charge >= 0.3 is 0 Å². The van der Waals surface area contributed by atoms with Crippen LogP contribution in [0.25, 0.3) is 0 Å². The topological polar surface area (TPSA) is 29.3 Å². The molecule has 0 aromatic heterocycles. The van der Waals surface area contributed by atoms with Crippen LogP contribution in [0.1, 0.15) is 23.6 Å². The van der Waals surface area contributed by atoms with Crippen LogP contribution in [0.2, 0.25) is 0 Å². The Morgan fingerprint density at radius 1 is 1.14 bits per heavy atom. The summed E-state index contributed by atoms with van der Waals surface area (Å²) in [6.45, 7) is 4.90. The molecule has 0 fully saturated rings. The molecule has 2 aromatic carbocycles. The van der Waals surface area contributed by atoms with Gasteiger partial charge < -0.3 is 10.6 Å². The molecule has 0 heterocycles. The minimum Gasteiger partial charge on any atom is -0.370 e. The fraction of sp³-hybridized carbons (Fsp3) is 0.333. The van der Waals surface area contributed by atoms with E-state index in [-0.39, 0.29) is 11.9 Å². The monoisotopic (exact) mass is 286 g/mol. The average molecular weight is 286 g/mol. The normalized spacial score (nSPS) is 12.2. The summed E-state index contributed by atoms with van der Waals surface area (Å²) in [5.74, 6) is -0.197. The van der Waals surface area contributed by atoms with E-state index in [4.69, 9.17) is 5.73 Å². The van der Waals surface area contributed by atoms with Crippen LogP contribution in [0.4, 0.5) is 10.1 Å². The van der Waals surface area contributed by atoms with Gasteiger partial charge in [0.05, 0.1) is 0 Å². The molecule has 2 rings (SSSR count). The van der Waals surface area contributed by atoms with Crippen molar-refractivity contribution in [1.29, 1.82) is 0 Å². The Bertz CT molecular complexity index is 591. The largest absolute Gasteiger partial charge is 0.370 e. The smallest absolute Gasteiger partial charge is 0.123 e. The molecule has 2 N–H and O–H groups in total. The zero-order valence-electron chi connectivity index (χ0n) is 12.9. The number of hydrogen-bond donors (Lipinski definition) is 1. The number of nitrogens with two attached hydrogens (primary N) is 1. The van der Waals surface area contributed by atoms with Crippen LogP contribution < -0.4 is 10.6 Å². The molecule has 2 aromatic rings. The summed E-state index contributed by atoms with van der Waals surface area (Å²) >= 11 is 0. The zero-order chi connectivity index (χ0) is 15.4. The van der Waals surface area contributed by atoms with Crippen LogP contribution in [-0.4, -0.2) is 13.1 Å². The molecule has 0 aliphatic heterocycles. The van der Waals surface area contributed by atoms with Gasteiger partial charge in [0.2, 0.25) is 0 Å². The van der Waals surface area contributed by atoms with E-state index in [9.17, 15) is 4.39 Å². The van der Waals surface area contributed by atoms with Crippen molar-refractivity contribution in [3.8, 4) is 0 Å². The van der Waals surface area contributed by atoms with E-state index in [2.05, 4.69) is 30.0 Å². The third-order valence-electron chi connectivity index (χ3n) is 3.64. The lowest BCUT2D eigenvalue weighted by atomic mass is 10.0.